The summed E-state index contributed by atoms with van der Waals surface area (Å²) >= 11 is 0. The van der Waals surface area contributed by atoms with Crippen molar-refractivity contribution in [3.63, 3.8) is 0 Å². The van der Waals surface area contributed by atoms with E-state index in [2.05, 4.69) is 0 Å². The van der Waals surface area contributed by atoms with Crippen molar-refractivity contribution in [1.82, 2.24) is 4.90 Å². The standard InChI is InChI=1S/C22H19NO3/c24-15-20(16-9-3-1-4-10-16)23-21(25)18-13-7-8-14-19(18)22(23,26)17-11-5-2-6-12-17/h1-14,20,24,26H,15H2/t20-,22?/m0/s1. The van der Waals surface area contributed by atoms with Gasteiger partial charge in [0.05, 0.1) is 12.6 Å². The minimum absolute atomic E-state index is 0.293. The van der Waals surface area contributed by atoms with Crippen molar-refractivity contribution in [3.8, 4) is 0 Å². The summed E-state index contributed by atoms with van der Waals surface area (Å²) in [7, 11) is 0. The van der Waals surface area contributed by atoms with Crippen molar-refractivity contribution in [3.05, 3.63) is 107 Å². The van der Waals surface area contributed by atoms with Crippen LogP contribution in [0.4, 0.5) is 0 Å². The number of hydrogen-bond acceptors (Lipinski definition) is 3. The highest BCUT2D eigenvalue weighted by Crippen LogP contribution is 2.46. The Morgan fingerprint density at radius 2 is 1.42 bits per heavy atom. The SMILES string of the molecule is O=C1c2ccccc2C(O)(c2ccccc2)N1[C@@H](CO)c1ccccc1. The molecule has 3 aromatic carbocycles. The first kappa shape index (κ1) is 16.5. The van der Waals surface area contributed by atoms with E-state index in [0.29, 0.717) is 16.7 Å². The molecule has 4 nitrogen and oxygen atoms in total. The quantitative estimate of drug-likeness (QED) is 0.764. The molecule has 0 saturated carbocycles. The van der Waals surface area contributed by atoms with E-state index in [1.165, 1.54) is 4.90 Å². The number of rotatable bonds is 4. The molecule has 0 aliphatic carbocycles. The van der Waals surface area contributed by atoms with Gasteiger partial charge in [0, 0.05) is 16.7 Å². The first-order valence-electron chi connectivity index (χ1n) is 8.55. The number of carbonyl (C=O) groups is 1. The largest absolute Gasteiger partial charge is 0.394 e. The fraction of sp³-hybridized carbons (Fsp3) is 0.136. The van der Waals surface area contributed by atoms with Crippen LogP contribution in [-0.2, 0) is 5.72 Å². The van der Waals surface area contributed by atoms with Gasteiger partial charge in [-0.1, -0.05) is 78.9 Å². The van der Waals surface area contributed by atoms with Gasteiger partial charge in [-0.25, -0.2) is 0 Å². The molecule has 130 valence electrons. The van der Waals surface area contributed by atoms with Gasteiger partial charge in [-0.2, -0.15) is 0 Å². The predicted molar refractivity (Wildman–Crippen MR) is 98.3 cm³/mol. The van der Waals surface area contributed by atoms with Crippen molar-refractivity contribution >= 4 is 5.91 Å². The van der Waals surface area contributed by atoms with Crippen LogP contribution in [0.15, 0.2) is 84.9 Å². The molecule has 2 N–H and O–H groups in total. The lowest BCUT2D eigenvalue weighted by atomic mass is 9.92. The summed E-state index contributed by atoms with van der Waals surface area (Å²) in [6, 6.07) is 24.8. The number of amides is 1. The number of carbonyl (C=O) groups excluding carboxylic acids is 1. The summed E-state index contributed by atoms with van der Waals surface area (Å²) < 4.78 is 0. The molecule has 0 fully saturated rings. The van der Waals surface area contributed by atoms with Crippen molar-refractivity contribution in [2.45, 2.75) is 11.8 Å². The smallest absolute Gasteiger partial charge is 0.257 e. The van der Waals surface area contributed by atoms with Crippen LogP contribution < -0.4 is 0 Å². The molecule has 2 atom stereocenters. The van der Waals surface area contributed by atoms with Crippen LogP contribution in [0.5, 0.6) is 0 Å². The van der Waals surface area contributed by atoms with E-state index < -0.39 is 11.8 Å². The molecule has 1 aliphatic rings. The average Bonchev–Trinajstić information content (AvgIpc) is 2.94. The topological polar surface area (TPSA) is 60.8 Å². The highest BCUT2D eigenvalue weighted by molar-refractivity contribution is 6.00. The first-order chi connectivity index (χ1) is 12.7. The van der Waals surface area contributed by atoms with E-state index in [4.69, 9.17) is 0 Å². The van der Waals surface area contributed by atoms with Gasteiger partial charge >= 0.3 is 0 Å². The number of fused-ring (bicyclic) bond motifs is 1. The van der Waals surface area contributed by atoms with Crippen molar-refractivity contribution in [2.75, 3.05) is 6.61 Å². The van der Waals surface area contributed by atoms with Crippen molar-refractivity contribution < 1.29 is 15.0 Å². The maximum Gasteiger partial charge on any atom is 0.257 e. The van der Waals surface area contributed by atoms with Crippen LogP contribution in [0.1, 0.15) is 33.1 Å². The van der Waals surface area contributed by atoms with E-state index in [-0.39, 0.29) is 12.5 Å². The number of nitrogens with zero attached hydrogens (tertiary/aromatic N) is 1. The lowest BCUT2D eigenvalue weighted by Gasteiger charge is -2.39. The number of aliphatic hydroxyl groups is 2. The molecule has 0 bridgehead atoms. The van der Waals surface area contributed by atoms with Crippen LogP contribution in [0.2, 0.25) is 0 Å². The zero-order valence-corrected chi connectivity index (χ0v) is 14.1. The second kappa shape index (κ2) is 6.41. The normalized spacial score (nSPS) is 20.1. The molecule has 1 unspecified atom stereocenters. The van der Waals surface area contributed by atoms with E-state index in [0.717, 1.165) is 5.56 Å². The van der Waals surface area contributed by atoms with E-state index in [9.17, 15) is 15.0 Å². The molecule has 1 heterocycles. The minimum Gasteiger partial charge on any atom is -0.394 e. The second-order valence-electron chi connectivity index (χ2n) is 6.37. The molecule has 0 spiro atoms. The fourth-order valence-electron chi connectivity index (χ4n) is 3.72. The summed E-state index contributed by atoms with van der Waals surface area (Å²) in [4.78, 5) is 14.6. The minimum atomic E-state index is -1.64. The number of benzene rings is 3. The molecule has 4 rings (SSSR count). The summed E-state index contributed by atoms with van der Waals surface area (Å²) in [6.07, 6.45) is 0. The number of aliphatic hydroxyl groups excluding tert-OH is 1. The van der Waals surface area contributed by atoms with Gasteiger partial charge in [-0.3, -0.25) is 9.69 Å². The Morgan fingerprint density at radius 3 is 2.08 bits per heavy atom. The Hall–Kier alpha value is -2.95. The van der Waals surface area contributed by atoms with Crippen LogP contribution in [0.3, 0.4) is 0 Å². The van der Waals surface area contributed by atoms with Crippen LogP contribution >= 0.6 is 0 Å². The highest BCUT2D eigenvalue weighted by Gasteiger charge is 2.52. The third-order valence-electron chi connectivity index (χ3n) is 4.95. The molecule has 0 radical (unpaired) electrons. The summed E-state index contributed by atoms with van der Waals surface area (Å²) in [5.41, 5.74) is 0.704. The first-order valence-corrected chi connectivity index (χ1v) is 8.55. The van der Waals surface area contributed by atoms with E-state index >= 15 is 0 Å². The Bertz CT molecular complexity index is 926. The fourth-order valence-corrected chi connectivity index (χ4v) is 3.72. The lowest BCUT2D eigenvalue weighted by molar-refractivity contribution is -0.0795. The number of hydrogen-bond donors (Lipinski definition) is 2. The molecule has 4 heteroatoms. The van der Waals surface area contributed by atoms with Gasteiger partial charge in [-0.05, 0) is 11.6 Å². The van der Waals surface area contributed by atoms with Gasteiger partial charge in [0.2, 0.25) is 0 Å². The molecule has 26 heavy (non-hydrogen) atoms. The Morgan fingerprint density at radius 1 is 0.846 bits per heavy atom. The van der Waals surface area contributed by atoms with Crippen molar-refractivity contribution in [2.24, 2.45) is 0 Å². The molecule has 1 aliphatic heterocycles. The van der Waals surface area contributed by atoms with Gasteiger partial charge in [0.15, 0.2) is 5.72 Å². The molecule has 3 aromatic rings. The van der Waals surface area contributed by atoms with Gasteiger partial charge < -0.3 is 10.2 Å². The Kier molecular flexibility index (Phi) is 4.07. The highest BCUT2D eigenvalue weighted by atomic mass is 16.3. The zero-order valence-electron chi connectivity index (χ0n) is 14.1. The van der Waals surface area contributed by atoms with Crippen LogP contribution in [0.25, 0.3) is 0 Å². The molecule has 0 aromatic heterocycles. The Labute approximate surface area is 152 Å². The predicted octanol–water partition coefficient (Wildman–Crippen LogP) is 3.07. The monoisotopic (exact) mass is 345 g/mol. The van der Waals surface area contributed by atoms with Crippen LogP contribution in [-0.4, -0.2) is 27.6 Å². The Balaban J connectivity index is 1.94. The van der Waals surface area contributed by atoms with E-state index in [1.807, 2.05) is 48.5 Å². The molecular formula is C22H19NO3. The van der Waals surface area contributed by atoms with Crippen molar-refractivity contribution in [1.29, 1.82) is 0 Å². The maximum absolute atomic E-state index is 13.2. The molecule has 1 amide bonds. The third kappa shape index (κ3) is 2.35. The summed E-state index contributed by atoms with van der Waals surface area (Å²) in [5.74, 6) is -0.296. The lowest BCUT2D eigenvalue weighted by Crippen LogP contribution is -2.47. The average molecular weight is 345 g/mol. The van der Waals surface area contributed by atoms with Crippen LogP contribution in [0, 0.1) is 0 Å². The molecular weight excluding hydrogens is 326 g/mol. The van der Waals surface area contributed by atoms with Gasteiger partial charge in [-0.15, -0.1) is 0 Å². The maximum atomic E-state index is 13.2. The van der Waals surface area contributed by atoms with Gasteiger partial charge in [0.25, 0.3) is 5.91 Å². The third-order valence-corrected chi connectivity index (χ3v) is 4.95. The summed E-state index contributed by atoms with van der Waals surface area (Å²) in [5, 5.41) is 21.9. The van der Waals surface area contributed by atoms with E-state index in [1.54, 1.807) is 36.4 Å². The summed E-state index contributed by atoms with van der Waals surface area (Å²) in [6.45, 7) is -0.293. The van der Waals surface area contributed by atoms with Gasteiger partial charge in [0.1, 0.15) is 0 Å². The second-order valence-corrected chi connectivity index (χ2v) is 6.37. The zero-order chi connectivity index (χ0) is 18.1. The molecule has 0 saturated heterocycles.